The van der Waals surface area contributed by atoms with Gasteiger partial charge in [0.25, 0.3) is 0 Å². The summed E-state index contributed by atoms with van der Waals surface area (Å²) in [5.74, 6) is 1.65. The van der Waals surface area contributed by atoms with Gasteiger partial charge in [-0.3, -0.25) is 9.67 Å². The Balaban J connectivity index is 0.00000363. The highest BCUT2D eigenvalue weighted by Crippen LogP contribution is 2.15. The van der Waals surface area contributed by atoms with E-state index in [2.05, 4.69) is 65.8 Å². The molecule has 0 aliphatic carbocycles. The SMILES string of the molecule is CN=C(NCc1ccc(OCc2ccccc2)cc1)NC(C)Cc1c(C)nn(C)c1C.I. The fourth-order valence-electron chi connectivity index (χ4n) is 3.53. The second-order valence-electron chi connectivity index (χ2n) is 7.87. The maximum atomic E-state index is 5.86. The number of nitrogens with one attached hydrogen (secondary N) is 2. The molecule has 1 aromatic heterocycles. The first kappa shape index (κ1) is 25.7. The van der Waals surface area contributed by atoms with Crippen LogP contribution in [0.15, 0.2) is 59.6 Å². The van der Waals surface area contributed by atoms with E-state index in [0.717, 1.165) is 29.4 Å². The van der Waals surface area contributed by atoms with Gasteiger partial charge in [-0.05, 0) is 56.0 Å². The van der Waals surface area contributed by atoms with Gasteiger partial charge in [0.15, 0.2) is 5.96 Å². The number of aryl methyl sites for hydroxylation is 2. The number of ether oxygens (including phenoxy) is 1. The molecule has 0 radical (unpaired) electrons. The molecule has 32 heavy (non-hydrogen) atoms. The molecule has 1 atom stereocenters. The summed E-state index contributed by atoms with van der Waals surface area (Å²) in [6.45, 7) is 7.61. The highest BCUT2D eigenvalue weighted by molar-refractivity contribution is 14.0. The van der Waals surface area contributed by atoms with Gasteiger partial charge in [-0.1, -0.05) is 42.5 Å². The van der Waals surface area contributed by atoms with Crippen LogP contribution in [0.1, 0.15) is 35.0 Å². The Labute approximate surface area is 208 Å². The van der Waals surface area contributed by atoms with Gasteiger partial charge in [0.2, 0.25) is 0 Å². The maximum Gasteiger partial charge on any atom is 0.191 e. The van der Waals surface area contributed by atoms with E-state index in [1.54, 1.807) is 7.05 Å². The fourth-order valence-corrected chi connectivity index (χ4v) is 3.53. The second kappa shape index (κ2) is 12.5. The number of nitrogens with zero attached hydrogens (tertiary/aromatic N) is 3. The number of rotatable bonds is 8. The van der Waals surface area contributed by atoms with Crippen molar-refractivity contribution in [1.82, 2.24) is 20.4 Å². The molecule has 1 heterocycles. The average Bonchev–Trinajstić information content (AvgIpc) is 3.02. The molecule has 2 aromatic carbocycles. The first-order chi connectivity index (χ1) is 15.0. The molecule has 0 bridgehead atoms. The van der Waals surface area contributed by atoms with Crippen molar-refractivity contribution in [2.24, 2.45) is 12.0 Å². The monoisotopic (exact) mass is 547 g/mol. The first-order valence-electron chi connectivity index (χ1n) is 10.7. The molecule has 3 rings (SSSR count). The van der Waals surface area contributed by atoms with Crippen LogP contribution in [-0.4, -0.2) is 28.8 Å². The van der Waals surface area contributed by atoms with Crippen molar-refractivity contribution in [2.75, 3.05) is 7.05 Å². The van der Waals surface area contributed by atoms with Crippen LogP contribution in [0.2, 0.25) is 0 Å². The third-order valence-corrected chi connectivity index (χ3v) is 5.41. The molecule has 3 aromatic rings. The Morgan fingerprint density at radius 2 is 1.75 bits per heavy atom. The van der Waals surface area contributed by atoms with E-state index in [1.807, 2.05) is 42.1 Å². The summed E-state index contributed by atoms with van der Waals surface area (Å²) in [6.07, 6.45) is 0.902. The van der Waals surface area contributed by atoms with Crippen LogP contribution in [0, 0.1) is 13.8 Å². The first-order valence-corrected chi connectivity index (χ1v) is 10.7. The summed E-state index contributed by atoms with van der Waals surface area (Å²) in [5.41, 5.74) is 5.93. The van der Waals surface area contributed by atoms with E-state index in [9.17, 15) is 0 Å². The lowest BCUT2D eigenvalue weighted by molar-refractivity contribution is 0.306. The maximum absolute atomic E-state index is 5.86. The van der Waals surface area contributed by atoms with Crippen LogP contribution >= 0.6 is 24.0 Å². The highest BCUT2D eigenvalue weighted by Gasteiger charge is 2.14. The van der Waals surface area contributed by atoms with Crippen molar-refractivity contribution >= 4 is 29.9 Å². The normalized spacial score (nSPS) is 12.1. The van der Waals surface area contributed by atoms with Gasteiger partial charge in [-0.2, -0.15) is 5.10 Å². The molecular weight excluding hydrogens is 513 g/mol. The minimum atomic E-state index is 0. The molecule has 0 saturated carbocycles. The van der Waals surface area contributed by atoms with E-state index in [4.69, 9.17) is 4.74 Å². The number of benzene rings is 2. The van der Waals surface area contributed by atoms with Gasteiger partial charge in [-0.15, -0.1) is 24.0 Å². The zero-order valence-corrected chi connectivity index (χ0v) is 21.9. The highest BCUT2D eigenvalue weighted by atomic mass is 127. The lowest BCUT2D eigenvalue weighted by Gasteiger charge is -2.18. The molecule has 6 nitrogen and oxygen atoms in total. The molecule has 0 aliphatic heterocycles. The van der Waals surface area contributed by atoms with Gasteiger partial charge in [0, 0.05) is 32.4 Å². The van der Waals surface area contributed by atoms with Gasteiger partial charge >= 0.3 is 0 Å². The van der Waals surface area contributed by atoms with Gasteiger partial charge in [-0.25, -0.2) is 0 Å². The fraction of sp³-hybridized carbons (Fsp3) is 0.360. The van der Waals surface area contributed by atoms with Crippen LogP contribution in [-0.2, 0) is 26.6 Å². The van der Waals surface area contributed by atoms with Crippen molar-refractivity contribution < 1.29 is 4.74 Å². The number of hydrogen-bond donors (Lipinski definition) is 2. The van der Waals surface area contributed by atoms with Crippen molar-refractivity contribution in [3.05, 3.63) is 82.7 Å². The van der Waals surface area contributed by atoms with Gasteiger partial charge in [0.05, 0.1) is 5.69 Å². The van der Waals surface area contributed by atoms with Crippen LogP contribution in [0.25, 0.3) is 0 Å². The molecule has 7 heteroatoms. The zero-order valence-electron chi connectivity index (χ0n) is 19.6. The summed E-state index contributed by atoms with van der Waals surface area (Å²) in [7, 11) is 3.78. The summed E-state index contributed by atoms with van der Waals surface area (Å²) in [5, 5.41) is 11.4. The Bertz CT molecular complexity index is 999. The lowest BCUT2D eigenvalue weighted by Crippen LogP contribution is -2.42. The van der Waals surface area contributed by atoms with Crippen LogP contribution in [0.3, 0.4) is 0 Å². The molecule has 0 amide bonds. The Kier molecular flexibility index (Phi) is 10.0. The third-order valence-electron chi connectivity index (χ3n) is 5.41. The quantitative estimate of drug-likeness (QED) is 0.247. The molecule has 0 fully saturated rings. The van der Waals surface area contributed by atoms with E-state index in [0.29, 0.717) is 13.2 Å². The molecule has 0 aliphatic rings. The smallest absolute Gasteiger partial charge is 0.191 e. The Hall–Kier alpha value is -2.55. The number of aromatic nitrogens is 2. The average molecular weight is 547 g/mol. The molecule has 1 unspecified atom stereocenters. The summed E-state index contributed by atoms with van der Waals surface area (Å²) >= 11 is 0. The van der Waals surface area contributed by atoms with E-state index < -0.39 is 0 Å². The van der Waals surface area contributed by atoms with Crippen molar-refractivity contribution in [2.45, 2.75) is 46.4 Å². The van der Waals surface area contributed by atoms with Gasteiger partial charge < -0.3 is 15.4 Å². The summed E-state index contributed by atoms with van der Waals surface area (Å²) < 4.78 is 7.80. The number of aliphatic imine (C=N–C) groups is 1. The topological polar surface area (TPSA) is 63.5 Å². The molecular formula is C25H34IN5O. The number of hydrogen-bond acceptors (Lipinski definition) is 3. The molecule has 0 saturated heterocycles. The minimum Gasteiger partial charge on any atom is -0.489 e. The predicted molar refractivity (Wildman–Crippen MR) is 142 cm³/mol. The zero-order chi connectivity index (χ0) is 22.2. The van der Waals surface area contributed by atoms with Crippen LogP contribution in [0.4, 0.5) is 0 Å². The van der Waals surface area contributed by atoms with Crippen molar-refractivity contribution in [3.63, 3.8) is 0 Å². The molecule has 0 spiro atoms. The second-order valence-corrected chi connectivity index (χ2v) is 7.87. The van der Waals surface area contributed by atoms with Crippen LogP contribution in [0.5, 0.6) is 5.75 Å². The Morgan fingerprint density at radius 3 is 2.34 bits per heavy atom. The van der Waals surface area contributed by atoms with E-state index in [-0.39, 0.29) is 30.0 Å². The van der Waals surface area contributed by atoms with Crippen LogP contribution < -0.4 is 15.4 Å². The third kappa shape index (κ3) is 7.25. The standard InChI is InChI=1S/C25H33N5O.HI/c1-18(15-24-19(2)29-30(5)20(24)3)28-25(26-4)27-16-21-11-13-23(14-12-21)31-17-22-9-7-6-8-10-22;/h6-14,18H,15-17H2,1-5H3,(H2,26,27,28);1H. The van der Waals surface area contributed by atoms with Gasteiger partial charge in [0.1, 0.15) is 12.4 Å². The summed E-state index contributed by atoms with van der Waals surface area (Å²) in [6, 6.07) is 18.6. The summed E-state index contributed by atoms with van der Waals surface area (Å²) in [4.78, 5) is 4.36. The largest absolute Gasteiger partial charge is 0.489 e. The minimum absolute atomic E-state index is 0. The van der Waals surface area contributed by atoms with E-state index in [1.165, 1.54) is 16.8 Å². The number of guanidine groups is 1. The lowest BCUT2D eigenvalue weighted by atomic mass is 10.1. The Morgan fingerprint density at radius 1 is 1.06 bits per heavy atom. The van der Waals surface area contributed by atoms with E-state index >= 15 is 0 Å². The number of halogens is 1. The molecule has 172 valence electrons. The van der Waals surface area contributed by atoms with Crippen molar-refractivity contribution in [1.29, 1.82) is 0 Å². The predicted octanol–water partition coefficient (Wildman–Crippen LogP) is 4.53. The van der Waals surface area contributed by atoms with Crippen molar-refractivity contribution in [3.8, 4) is 5.75 Å². The molecule has 2 N–H and O–H groups in total.